The van der Waals surface area contributed by atoms with Crippen LogP contribution in [-0.4, -0.2) is 46.9 Å². The minimum absolute atomic E-state index is 0.0224. The van der Waals surface area contributed by atoms with Gasteiger partial charge in [-0.15, -0.1) is 11.3 Å². The smallest absolute Gasteiger partial charge is 0.262 e. The first-order valence-corrected chi connectivity index (χ1v) is 10.9. The van der Waals surface area contributed by atoms with Gasteiger partial charge in [0.2, 0.25) is 5.91 Å². The highest BCUT2D eigenvalue weighted by Crippen LogP contribution is 2.26. The molecule has 3 rings (SSSR count). The first-order chi connectivity index (χ1) is 14.2. The van der Waals surface area contributed by atoms with Crippen molar-refractivity contribution >= 4 is 28.9 Å². The fraction of sp³-hybridized carbons (Fsp3) is 0.455. The van der Waals surface area contributed by atoms with Crippen molar-refractivity contribution in [2.24, 2.45) is 5.92 Å². The van der Waals surface area contributed by atoms with Gasteiger partial charge in [0, 0.05) is 18.0 Å². The lowest BCUT2D eigenvalue weighted by Gasteiger charge is -2.30. The van der Waals surface area contributed by atoms with Crippen LogP contribution in [0.3, 0.4) is 0 Å². The SMILES string of the molecule is CC(C)CC(NC(=O)c1cc(-c2cccnc2)cs1)C(=O)NC1(C)C(=O)COC1C. The predicted molar refractivity (Wildman–Crippen MR) is 115 cm³/mol. The van der Waals surface area contributed by atoms with Gasteiger partial charge in [0.1, 0.15) is 18.2 Å². The Hall–Kier alpha value is -2.58. The Morgan fingerprint density at radius 2 is 2.13 bits per heavy atom. The molecule has 0 spiro atoms. The molecule has 1 saturated heterocycles. The molecule has 2 aromatic rings. The van der Waals surface area contributed by atoms with Crippen molar-refractivity contribution in [1.82, 2.24) is 15.6 Å². The molecule has 2 aromatic heterocycles. The van der Waals surface area contributed by atoms with Gasteiger partial charge in [-0.2, -0.15) is 0 Å². The van der Waals surface area contributed by atoms with E-state index in [1.54, 1.807) is 32.3 Å². The number of nitrogens with zero attached hydrogens (tertiary/aromatic N) is 1. The third kappa shape index (κ3) is 4.76. The monoisotopic (exact) mass is 429 g/mol. The van der Waals surface area contributed by atoms with E-state index < -0.39 is 17.7 Å². The third-order valence-electron chi connectivity index (χ3n) is 5.39. The highest BCUT2D eigenvalue weighted by atomic mass is 32.1. The van der Waals surface area contributed by atoms with Crippen LogP contribution in [0.15, 0.2) is 36.0 Å². The second kappa shape index (κ2) is 9.06. The summed E-state index contributed by atoms with van der Waals surface area (Å²) in [6.07, 6.45) is 3.46. The fourth-order valence-electron chi connectivity index (χ4n) is 3.33. The lowest BCUT2D eigenvalue weighted by atomic mass is 9.92. The molecule has 0 aliphatic carbocycles. The summed E-state index contributed by atoms with van der Waals surface area (Å²) in [6.45, 7) is 7.36. The Bertz CT molecular complexity index is 927. The van der Waals surface area contributed by atoms with Crippen molar-refractivity contribution in [1.29, 1.82) is 0 Å². The van der Waals surface area contributed by atoms with Crippen molar-refractivity contribution in [2.45, 2.75) is 51.8 Å². The zero-order valence-electron chi connectivity index (χ0n) is 17.6. The van der Waals surface area contributed by atoms with E-state index in [2.05, 4.69) is 15.6 Å². The molecular weight excluding hydrogens is 402 g/mol. The van der Waals surface area contributed by atoms with E-state index in [0.717, 1.165) is 11.1 Å². The molecule has 0 aromatic carbocycles. The molecule has 1 aliphatic heterocycles. The number of carbonyl (C=O) groups is 3. The minimum Gasteiger partial charge on any atom is -0.368 e. The van der Waals surface area contributed by atoms with Gasteiger partial charge in [0.25, 0.3) is 5.91 Å². The summed E-state index contributed by atoms with van der Waals surface area (Å²) in [5, 5.41) is 7.55. The number of rotatable bonds is 7. The maximum Gasteiger partial charge on any atom is 0.262 e. The average molecular weight is 430 g/mol. The standard InChI is InChI=1S/C22H27N3O4S/c1-13(2)8-17(20(27)25-22(4)14(3)29-11-19(22)26)24-21(28)18-9-16(12-30-18)15-6-5-7-23-10-15/h5-7,9-10,12-14,17H,8,11H2,1-4H3,(H,24,28)(H,25,27). The molecule has 30 heavy (non-hydrogen) atoms. The minimum atomic E-state index is -1.09. The molecule has 0 bridgehead atoms. The summed E-state index contributed by atoms with van der Waals surface area (Å²) in [4.78, 5) is 42.7. The number of carbonyl (C=O) groups excluding carboxylic acids is 3. The van der Waals surface area contributed by atoms with Crippen LogP contribution in [0.2, 0.25) is 0 Å². The van der Waals surface area contributed by atoms with E-state index in [9.17, 15) is 14.4 Å². The van der Waals surface area contributed by atoms with E-state index in [1.165, 1.54) is 11.3 Å². The maximum atomic E-state index is 13.0. The normalized spacial score (nSPS) is 22.2. The number of thiophene rings is 1. The molecule has 1 fully saturated rings. The van der Waals surface area contributed by atoms with Crippen molar-refractivity contribution < 1.29 is 19.1 Å². The van der Waals surface area contributed by atoms with Crippen molar-refractivity contribution in [3.63, 3.8) is 0 Å². The van der Waals surface area contributed by atoms with Crippen LogP contribution in [-0.2, 0) is 14.3 Å². The van der Waals surface area contributed by atoms with Gasteiger partial charge in [0.05, 0.1) is 11.0 Å². The van der Waals surface area contributed by atoms with Crippen LogP contribution in [0.5, 0.6) is 0 Å². The third-order valence-corrected chi connectivity index (χ3v) is 6.32. The zero-order valence-corrected chi connectivity index (χ0v) is 18.4. The van der Waals surface area contributed by atoms with E-state index in [4.69, 9.17) is 4.74 Å². The number of nitrogens with one attached hydrogen (secondary N) is 2. The Morgan fingerprint density at radius 3 is 2.73 bits per heavy atom. The predicted octanol–water partition coefficient (Wildman–Crippen LogP) is 2.82. The van der Waals surface area contributed by atoms with Gasteiger partial charge in [-0.25, -0.2) is 0 Å². The number of Topliss-reactive ketones (excluding diaryl/α,β-unsaturated/α-hetero) is 1. The van der Waals surface area contributed by atoms with Crippen LogP contribution in [0.1, 0.15) is 43.8 Å². The van der Waals surface area contributed by atoms with E-state index in [-0.39, 0.29) is 30.1 Å². The van der Waals surface area contributed by atoms with Gasteiger partial charge in [0.15, 0.2) is 5.78 Å². The summed E-state index contributed by atoms with van der Waals surface area (Å²) < 4.78 is 5.38. The first kappa shape index (κ1) is 22.1. The Balaban J connectivity index is 1.73. The van der Waals surface area contributed by atoms with Crippen LogP contribution in [0.4, 0.5) is 0 Å². The Labute approximate surface area is 180 Å². The fourth-order valence-corrected chi connectivity index (χ4v) is 4.15. The van der Waals surface area contributed by atoms with E-state index in [1.807, 2.05) is 31.4 Å². The van der Waals surface area contributed by atoms with Crippen LogP contribution >= 0.6 is 11.3 Å². The Kier molecular flexibility index (Phi) is 6.67. The van der Waals surface area contributed by atoms with Crippen LogP contribution in [0.25, 0.3) is 11.1 Å². The Morgan fingerprint density at radius 1 is 1.37 bits per heavy atom. The molecule has 160 valence electrons. The molecule has 3 unspecified atom stereocenters. The number of amides is 2. The summed E-state index contributed by atoms with van der Waals surface area (Å²) in [6, 6.07) is 4.80. The van der Waals surface area contributed by atoms with Crippen LogP contribution in [0, 0.1) is 5.92 Å². The van der Waals surface area contributed by atoms with Crippen molar-refractivity contribution in [2.75, 3.05) is 6.61 Å². The van der Waals surface area contributed by atoms with E-state index in [0.29, 0.717) is 11.3 Å². The quantitative estimate of drug-likeness (QED) is 0.705. The number of pyridine rings is 1. The molecule has 8 heteroatoms. The largest absolute Gasteiger partial charge is 0.368 e. The molecule has 3 atom stereocenters. The molecule has 2 N–H and O–H groups in total. The first-order valence-electron chi connectivity index (χ1n) is 9.97. The van der Waals surface area contributed by atoms with Crippen molar-refractivity contribution in [3.8, 4) is 11.1 Å². The molecule has 7 nitrogen and oxygen atoms in total. The van der Waals surface area contributed by atoms with Gasteiger partial charge < -0.3 is 15.4 Å². The summed E-state index contributed by atoms with van der Waals surface area (Å²) in [5.41, 5.74) is 0.733. The summed E-state index contributed by atoms with van der Waals surface area (Å²) >= 11 is 1.31. The van der Waals surface area contributed by atoms with Crippen LogP contribution < -0.4 is 10.6 Å². The van der Waals surface area contributed by atoms with Gasteiger partial charge in [-0.05, 0) is 49.3 Å². The summed E-state index contributed by atoms with van der Waals surface area (Å²) in [7, 11) is 0. The van der Waals surface area contributed by atoms with Gasteiger partial charge >= 0.3 is 0 Å². The molecule has 2 amide bonds. The zero-order chi connectivity index (χ0) is 21.9. The number of ether oxygens (including phenoxy) is 1. The molecule has 1 aliphatic rings. The molecule has 3 heterocycles. The molecule has 0 saturated carbocycles. The maximum absolute atomic E-state index is 13.0. The molecule has 0 radical (unpaired) electrons. The van der Waals surface area contributed by atoms with Gasteiger partial charge in [-0.1, -0.05) is 19.9 Å². The summed E-state index contributed by atoms with van der Waals surface area (Å²) in [5.74, 6) is -0.689. The molecular formula is C22H27N3O4S. The average Bonchev–Trinajstić information content (AvgIpc) is 3.29. The lowest BCUT2D eigenvalue weighted by molar-refractivity contribution is -0.130. The number of aromatic nitrogens is 1. The van der Waals surface area contributed by atoms with Crippen molar-refractivity contribution in [3.05, 3.63) is 40.8 Å². The van der Waals surface area contributed by atoms with E-state index >= 15 is 0 Å². The second-order valence-corrected chi connectivity index (χ2v) is 9.08. The van der Waals surface area contributed by atoms with Gasteiger partial charge in [-0.3, -0.25) is 19.4 Å². The number of hydrogen-bond donors (Lipinski definition) is 2. The number of hydrogen-bond acceptors (Lipinski definition) is 6. The lowest BCUT2D eigenvalue weighted by Crippen LogP contribution is -2.60. The second-order valence-electron chi connectivity index (χ2n) is 8.16. The highest BCUT2D eigenvalue weighted by Gasteiger charge is 2.47. The topological polar surface area (TPSA) is 97.4 Å². The number of ketones is 1. The highest BCUT2D eigenvalue weighted by molar-refractivity contribution is 7.12.